The Labute approximate surface area is 91.5 Å². The molecular weight excluding hydrogens is 216 g/mol. The summed E-state index contributed by atoms with van der Waals surface area (Å²) in [5.74, 6) is -0.456. The van der Waals surface area contributed by atoms with Crippen LogP contribution in [0.4, 0.5) is 0 Å². The number of sulfone groups is 1. The SMILES string of the molecule is CCNCCNC(=O)C(C)(C)S(C)(=O)=O. The van der Waals surface area contributed by atoms with Gasteiger partial charge in [0.2, 0.25) is 5.91 Å². The summed E-state index contributed by atoms with van der Waals surface area (Å²) < 4.78 is 21.3. The third-order valence-electron chi connectivity index (χ3n) is 2.31. The predicted octanol–water partition coefficient (Wildman–Crippen LogP) is -0.465. The van der Waals surface area contributed by atoms with Crippen LogP contribution in [0.1, 0.15) is 20.8 Å². The van der Waals surface area contributed by atoms with E-state index >= 15 is 0 Å². The Kier molecular flexibility index (Phi) is 5.23. The molecule has 15 heavy (non-hydrogen) atoms. The summed E-state index contributed by atoms with van der Waals surface area (Å²) in [6.45, 7) is 6.68. The minimum atomic E-state index is -3.38. The van der Waals surface area contributed by atoms with Crippen molar-refractivity contribution in [3.8, 4) is 0 Å². The Bertz CT molecular complexity index is 309. The maximum Gasteiger partial charge on any atom is 0.240 e. The van der Waals surface area contributed by atoms with Gasteiger partial charge < -0.3 is 10.6 Å². The lowest BCUT2D eigenvalue weighted by Crippen LogP contribution is -2.48. The molecule has 5 nitrogen and oxygen atoms in total. The molecule has 2 N–H and O–H groups in total. The van der Waals surface area contributed by atoms with Crippen molar-refractivity contribution in [1.82, 2.24) is 10.6 Å². The minimum Gasteiger partial charge on any atom is -0.353 e. The number of nitrogens with one attached hydrogen (secondary N) is 2. The molecule has 0 fully saturated rings. The summed E-state index contributed by atoms with van der Waals surface area (Å²) in [4.78, 5) is 11.6. The van der Waals surface area contributed by atoms with Crippen molar-refractivity contribution in [3.05, 3.63) is 0 Å². The fourth-order valence-corrected chi connectivity index (χ4v) is 1.23. The minimum absolute atomic E-state index is 0.436. The number of amides is 1. The van der Waals surface area contributed by atoms with Crippen molar-refractivity contribution < 1.29 is 13.2 Å². The second-order valence-electron chi connectivity index (χ2n) is 3.89. The van der Waals surface area contributed by atoms with Crippen LogP contribution in [0.25, 0.3) is 0 Å². The Morgan fingerprint density at radius 1 is 1.27 bits per heavy atom. The lowest BCUT2D eigenvalue weighted by molar-refractivity contribution is -0.122. The number of carbonyl (C=O) groups is 1. The smallest absolute Gasteiger partial charge is 0.240 e. The maximum absolute atomic E-state index is 11.6. The first-order chi connectivity index (χ1) is 6.73. The van der Waals surface area contributed by atoms with Crippen molar-refractivity contribution in [2.24, 2.45) is 0 Å². The number of hydrogen-bond acceptors (Lipinski definition) is 4. The van der Waals surface area contributed by atoms with Gasteiger partial charge in [0.15, 0.2) is 9.84 Å². The first-order valence-electron chi connectivity index (χ1n) is 4.92. The van der Waals surface area contributed by atoms with Crippen LogP contribution in [0, 0.1) is 0 Å². The highest BCUT2D eigenvalue weighted by Gasteiger charge is 2.37. The number of carbonyl (C=O) groups excluding carboxylic acids is 1. The molecule has 0 aliphatic carbocycles. The molecule has 0 bridgehead atoms. The van der Waals surface area contributed by atoms with Crippen LogP contribution < -0.4 is 10.6 Å². The van der Waals surface area contributed by atoms with E-state index in [1.807, 2.05) is 6.92 Å². The molecule has 0 unspecified atom stereocenters. The van der Waals surface area contributed by atoms with Gasteiger partial charge in [-0.1, -0.05) is 6.92 Å². The molecule has 90 valence electrons. The van der Waals surface area contributed by atoms with E-state index in [0.717, 1.165) is 12.8 Å². The van der Waals surface area contributed by atoms with Crippen LogP contribution >= 0.6 is 0 Å². The Morgan fingerprint density at radius 2 is 1.80 bits per heavy atom. The van der Waals surface area contributed by atoms with Crippen molar-refractivity contribution >= 4 is 15.7 Å². The first-order valence-corrected chi connectivity index (χ1v) is 6.81. The summed E-state index contributed by atoms with van der Waals surface area (Å²) in [5, 5.41) is 5.61. The number of likely N-dealkylation sites (N-methyl/N-ethyl adjacent to an activating group) is 1. The average molecular weight is 236 g/mol. The quantitative estimate of drug-likeness (QED) is 0.612. The van der Waals surface area contributed by atoms with Crippen LogP contribution in [0.15, 0.2) is 0 Å². The normalized spacial score (nSPS) is 12.5. The second-order valence-corrected chi connectivity index (χ2v) is 6.46. The van der Waals surface area contributed by atoms with Crippen molar-refractivity contribution in [2.75, 3.05) is 25.9 Å². The van der Waals surface area contributed by atoms with Gasteiger partial charge in [0.25, 0.3) is 0 Å². The zero-order chi connectivity index (χ0) is 12.1. The molecule has 0 radical (unpaired) electrons. The first kappa shape index (κ1) is 14.4. The monoisotopic (exact) mass is 236 g/mol. The molecule has 1 amide bonds. The standard InChI is InChI=1S/C9H20N2O3S/c1-5-10-6-7-11-8(12)9(2,3)15(4,13)14/h10H,5-7H2,1-4H3,(H,11,12). The number of rotatable bonds is 6. The molecule has 0 spiro atoms. The van der Waals surface area contributed by atoms with Gasteiger partial charge in [-0.15, -0.1) is 0 Å². The zero-order valence-corrected chi connectivity index (χ0v) is 10.6. The summed E-state index contributed by atoms with van der Waals surface area (Å²) in [7, 11) is -3.38. The van der Waals surface area contributed by atoms with Gasteiger partial charge in [-0.05, 0) is 20.4 Å². The molecule has 0 heterocycles. The van der Waals surface area contributed by atoms with Gasteiger partial charge >= 0.3 is 0 Å². The van der Waals surface area contributed by atoms with E-state index in [-0.39, 0.29) is 0 Å². The van der Waals surface area contributed by atoms with Gasteiger partial charge in [0.1, 0.15) is 4.75 Å². The van der Waals surface area contributed by atoms with Crippen LogP contribution in [-0.4, -0.2) is 45.0 Å². The van der Waals surface area contributed by atoms with E-state index in [9.17, 15) is 13.2 Å². The van der Waals surface area contributed by atoms with Crippen LogP contribution in [0.2, 0.25) is 0 Å². The lowest BCUT2D eigenvalue weighted by atomic mass is 10.2. The van der Waals surface area contributed by atoms with E-state index in [4.69, 9.17) is 0 Å². The third-order valence-corrected chi connectivity index (χ3v) is 4.35. The Hall–Kier alpha value is -0.620. The molecule has 0 aromatic heterocycles. The average Bonchev–Trinajstić information content (AvgIpc) is 2.10. The van der Waals surface area contributed by atoms with E-state index < -0.39 is 20.5 Å². The summed E-state index contributed by atoms with van der Waals surface area (Å²) in [6, 6.07) is 0. The van der Waals surface area contributed by atoms with Crippen molar-refractivity contribution in [1.29, 1.82) is 0 Å². The summed E-state index contributed by atoms with van der Waals surface area (Å²) in [5.41, 5.74) is 0. The maximum atomic E-state index is 11.6. The molecular formula is C9H20N2O3S. The Balaban J connectivity index is 4.22. The topological polar surface area (TPSA) is 75.3 Å². The predicted molar refractivity (Wildman–Crippen MR) is 60.5 cm³/mol. The molecule has 0 atom stereocenters. The molecule has 0 rings (SSSR count). The fraction of sp³-hybridized carbons (Fsp3) is 0.889. The van der Waals surface area contributed by atoms with Crippen LogP contribution in [0.5, 0.6) is 0 Å². The highest BCUT2D eigenvalue weighted by molar-refractivity contribution is 7.92. The third kappa shape index (κ3) is 4.17. The van der Waals surface area contributed by atoms with Crippen LogP contribution in [0.3, 0.4) is 0 Å². The largest absolute Gasteiger partial charge is 0.353 e. The van der Waals surface area contributed by atoms with Gasteiger partial charge in [-0.3, -0.25) is 4.79 Å². The van der Waals surface area contributed by atoms with Gasteiger partial charge in [0, 0.05) is 19.3 Å². The Morgan fingerprint density at radius 3 is 2.20 bits per heavy atom. The summed E-state index contributed by atoms with van der Waals surface area (Å²) in [6.07, 6.45) is 1.07. The lowest BCUT2D eigenvalue weighted by Gasteiger charge is -2.21. The molecule has 0 aliphatic heterocycles. The van der Waals surface area contributed by atoms with E-state index in [1.54, 1.807) is 0 Å². The highest BCUT2D eigenvalue weighted by Crippen LogP contribution is 2.14. The summed E-state index contributed by atoms with van der Waals surface area (Å²) >= 11 is 0. The second kappa shape index (κ2) is 5.46. The van der Waals surface area contributed by atoms with Crippen molar-refractivity contribution in [2.45, 2.75) is 25.5 Å². The molecule has 0 aliphatic rings. The molecule has 6 heteroatoms. The van der Waals surface area contributed by atoms with Gasteiger partial charge in [0.05, 0.1) is 0 Å². The number of hydrogen-bond donors (Lipinski definition) is 2. The van der Waals surface area contributed by atoms with Gasteiger partial charge in [-0.25, -0.2) is 8.42 Å². The van der Waals surface area contributed by atoms with E-state index in [0.29, 0.717) is 13.1 Å². The molecule has 0 saturated carbocycles. The molecule has 0 aromatic rings. The van der Waals surface area contributed by atoms with E-state index in [2.05, 4.69) is 10.6 Å². The van der Waals surface area contributed by atoms with Crippen molar-refractivity contribution in [3.63, 3.8) is 0 Å². The molecule has 0 saturated heterocycles. The fourth-order valence-electron chi connectivity index (χ4n) is 0.822. The highest BCUT2D eigenvalue weighted by atomic mass is 32.2. The van der Waals surface area contributed by atoms with E-state index in [1.165, 1.54) is 13.8 Å². The molecule has 0 aromatic carbocycles. The van der Waals surface area contributed by atoms with Gasteiger partial charge in [-0.2, -0.15) is 0 Å². The van der Waals surface area contributed by atoms with Crippen LogP contribution in [-0.2, 0) is 14.6 Å². The zero-order valence-electron chi connectivity index (χ0n) is 9.75.